The fraction of sp³-hybridized carbons (Fsp3) is 0.231. The first-order valence-electron chi connectivity index (χ1n) is 5.41. The Labute approximate surface area is 105 Å². The normalized spacial score (nSPS) is 10.2. The van der Waals surface area contributed by atoms with Gasteiger partial charge in [0.15, 0.2) is 5.13 Å². The first-order valence-corrected chi connectivity index (χ1v) is 6.29. The maximum atomic E-state index is 11.7. The summed E-state index contributed by atoms with van der Waals surface area (Å²) in [6.45, 7) is 3.94. The van der Waals surface area contributed by atoms with Gasteiger partial charge >= 0.3 is 0 Å². The highest BCUT2D eigenvalue weighted by molar-refractivity contribution is 7.13. The van der Waals surface area contributed by atoms with Crippen molar-refractivity contribution in [2.45, 2.75) is 20.3 Å². The van der Waals surface area contributed by atoms with Crippen LogP contribution in [0.4, 0.5) is 5.13 Å². The predicted molar refractivity (Wildman–Crippen MR) is 70.4 cm³/mol. The van der Waals surface area contributed by atoms with Crippen molar-refractivity contribution in [3.8, 4) is 0 Å². The molecule has 1 amide bonds. The van der Waals surface area contributed by atoms with Crippen LogP contribution in [0.2, 0.25) is 0 Å². The molecule has 2 rings (SSSR count). The van der Waals surface area contributed by atoms with Crippen LogP contribution >= 0.6 is 11.3 Å². The van der Waals surface area contributed by atoms with Crippen LogP contribution in [-0.2, 0) is 11.2 Å². The summed E-state index contributed by atoms with van der Waals surface area (Å²) < 4.78 is 0. The van der Waals surface area contributed by atoms with Crippen molar-refractivity contribution in [1.29, 1.82) is 0 Å². The van der Waals surface area contributed by atoms with E-state index >= 15 is 0 Å². The molecule has 0 aliphatic carbocycles. The monoisotopic (exact) mass is 246 g/mol. The number of aromatic nitrogens is 1. The lowest BCUT2D eigenvalue weighted by atomic mass is 10.1. The predicted octanol–water partition coefficient (Wildman–Crippen LogP) is 2.94. The molecule has 0 saturated carbocycles. The van der Waals surface area contributed by atoms with E-state index in [0.717, 1.165) is 11.3 Å². The molecule has 0 fully saturated rings. The van der Waals surface area contributed by atoms with E-state index in [-0.39, 0.29) is 5.91 Å². The summed E-state index contributed by atoms with van der Waals surface area (Å²) in [6.07, 6.45) is 0.388. The van der Waals surface area contributed by atoms with Gasteiger partial charge in [-0.15, -0.1) is 11.3 Å². The molecule has 1 aromatic heterocycles. The summed E-state index contributed by atoms with van der Waals surface area (Å²) in [5.74, 6) is -0.0248. The lowest BCUT2D eigenvalue weighted by Crippen LogP contribution is -2.14. The quantitative estimate of drug-likeness (QED) is 0.904. The maximum Gasteiger partial charge on any atom is 0.230 e. The second-order valence-corrected chi connectivity index (χ2v) is 4.86. The molecule has 1 aromatic carbocycles. The van der Waals surface area contributed by atoms with Crippen molar-refractivity contribution < 1.29 is 4.79 Å². The standard InChI is InChI=1S/C13H14N2OS/c1-9-3-5-11(6-4-9)7-12(16)15-13-14-10(2)8-17-13/h3-6,8H,7H2,1-2H3,(H,14,15,16). The van der Waals surface area contributed by atoms with E-state index in [1.165, 1.54) is 16.9 Å². The first kappa shape index (κ1) is 11.8. The summed E-state index contributed by atoms with van der Waals surface area (Å²) >= 11 is 1.45. The lowest BCUT2D eigenvalue weighted by molar-refractivity contribution is -0.115. The highest BCUT2D eigenvalue weighted by atomic mass is 32.1. The minimum Gasteiger partial charge on any atom is -0.302 e. The van der Waals surface area contributed by atoms with Crippen molar-refractivity contribution >= 4 is 22.4 Å². The molecule has 17 heavy (non-hydrogen) atoms. The van der Waals surface area contributed by atoms with Gasteiger partial charge in [0.1, 0.15) is 0 Å². The van der Waals surface area contributed by atoms with Gasteiger partial charge in [-0.2, -0.15) is 0 Å². The number of carbonyl (C=O) groups is 1. The Kier molecular flexibility index (Phi) is 3.54. The smallest absolute Gasteiger partial charge is 0.230 e. The number of benzene rings is 1. The zero-order valence-electron chi connectivity index (χ0n) is 9.86. The SMILES string of the molecule is Cc1ccc(CC(=O)Nc2nc(C)cs2)cc1. The molecule has 1 N–H and O–H groups in total. The van der Waals surface area contributed by atoms with Gasteiger partial charge in [0.05, 0.1) is 12.1 Å². The topological polar surface area (TPSA) is 42.0 Å². The van der Waals surface area contributed by atoms with Crippen LogP contribution in [0.5, 0.6) is 0 Å². The third-order valence-electron chi connectivity index (χ3n) is 2.35. The zero-order valence-corrected chi connectivity index (χ0v) is 10.7. The number of hydrogen-bond acceptors (Lipinski definition) is 3. The largest absolute Gasteiger partial charge is 0.302 e. The van der Waals surface area contributed by atoms with Crippen molar-refractivity contribution in [2.75, 3.05) is 5.32 Å². The molecule has 1 heterocycles. The molecule has 0 radical (unpaired) electrons. The van der Waals surface area contributed by atoms with Crippen LogP contribution in [0, 0.1) is 13.8 Å². The summed E-state index contributed by atoms with van der Waals surface area (Å²) in [7, 11) is 0. The van der Waals surface area contributed by atoms with Gasteiger partial charge in [0.25, 0.3) is 0 Å². The van der Waals surface area contributed by atoms with Crippen molar-refractivity contribution in [1.82, 2.24) is 4.98 Å². The summed E-state index contributed by atoms with van der Waals surface area (Å²) in [6, 6.07) is 7.97. The van der Waals surface area contributed by atoms with Crippen molar-refractivity contribution in [3.05, 3.63) is 46.5 Å². The Morgan fingerprint density at radius 2 is 2.00 bits per heavy atom. The van der Waals surface area contributed by atoms with Gasteiger partial charge in [0.2, 0.25) is 5.91 Å². The molecule has 0 atom stereocenters. The van der Waals surface area contributed by atoms with E-state index in [9.17, 15) is 4.79 Å². The Morgan fingerprint density at radius 1 is 1.29 bits per heavy atom. The van der Waals surface area contributed by atoms with E-state index in [1.54, 1.807) is 0 Å². The van der Waals surface area contributed by atoms with E-state index < -0.39 is 0 Å². The highest BCUT2D eigenvalue weighted by Crippen LogP contribution is 2.14. The fourth-order valence-electron chi connectivity index (χ4n) is 1.47. The number of hydrogen-bond donors (Lipinski definition) is 1. The van der Waals surface area contributed by atoms with Crippen LogP contribution in [0.1, 0.15) is 16.8 Å². The average Bonchev–Trinajstić information content (AvgIpc) is 2.67. The first-order chi connectivity index (χ1) is 8.13. The molecule has 3 nitrogen and oxygen atoms in total. The molecule has 4 heteroatoms. The second-order valence-electron chi connectivity index (χ2n) is 4.00. The Balaban J connectivity index is 1.95. The molecular weight excluding hydrogens is 232 g/mol. The molecular formula is C13H14N2OS. The molecule has 2 aromatic rings. The molecule has 0 aliphatic heterocycles. The van der Waals surface area contributed by atoms with Gasteiger partial charge < -0.3 is 5.32 Å². The molecule has 0 spiro atoms. The van der Waals surface area contributed by atoms with E-state index in [2.05, 4.69) is 10.3 Å². The average molecular weight is 246 g/mol. The number of thiazole rings is 1. The lowest BCUT2D eigenvalue weighted by Gasteiger charge is -2.02. The molecule has 0 aliphatic rings. The molecule has 88 valence electrons. The van der Waals surface area contributed by atoms with Crippen LogP contribution in [-0.4, -0.2) is 10.9 Å². The molecule has 0 saturated heterocycles. The summed E-state index contributed by atoms with van der Waals surface area (Å²) in [5, 5.41) is 5.38. The van der Waals surface area contributed by atoms with Crippen LogP contribution in [0.3, 0.4) is 0 Å². The third kappa shape index (κ3) is 3.39. The van der Waals surface area contributed by atoms with Gasteiger partial charge in [-0.1, -0.05) is 29.8 Å². The summed E-state index contributed by atoms with van der Waals surface area (Å²) in [5.41, 5.74) is 3.15. The van der Waals surface area contributed by atoms with Crippen LogP contribution < -0.4 is 5.32 Å². The van der Waals surface area contributed by atoms with Gasteiger partial charge in [0, 0.05) is 5.38 Å². The Bertz CT molecular complexity index is 516. The number of aryl methyl sites for hydroxylation is 2. The minimum atomic E-state index is -0.0248. The number of nitrogens with one attached hydrogen (secondary N) is 1. The van der Waals surface area contributed by atoms with Gasteiger partial charge in [-0.05, 0) is 19.4 Å². The van der Waals surface area contributed by atoms with Crippen molar-refractivity contribution in [3.63, 3.8) is 0 Å². The van der Waals surface area contributed by atoms with E-state index in [1.807, 2.05) is 43.5 Å². The Morgan fingerprint density at radius 3 is 2.59 bits per heavy atom. The molecule has 0 bridgehead atoms. The number of carbonyl (C=O) groups excluding carboxylic acids is 1. The van der Waals surface area contributed by atoms with E-state index in [4.69, 9.17) is 0 Å². The summed E-state index contributed by atoms with van der Waals surface area (Å²) in [4.78, 5) is 15.9. The van der Waals surface area contributed by atoms with Gasteiger partial charge in [-0.25, -0.2) is 4.98 Å². The van der Waals surface area contributed by atoms with Gasteiger partial charge in [-0.3, -0.25) is 4.79 Å². The Hall–Kier alpha value is -1.68. The number of amides is 1. The fourth-order valence-corrected chi connectivity index (χ4v) is 2.17. The molecule has 0 unspecified atom stereocenters. The third-order valence-corrected chi connectivity index (χ3v) is 3.23. The minimum absolute atomic E-state index is 0.0248. The maximum absolute atomic E-state index is 11.7. The number of anilines is 1. The van der Waals surface area contributed by atoms with Crippen LogP contribution in [0.15, 0.2) is 29.6 Å². The number of rotatable bonds is 3. The highest BCUT2D eigenvalue weighted by Gasteiger charge is 2.06. The van der Waals surface area contributed by atoms with Crippen molar-refractivity contribution in [2.24, 2.45) is 0 Å². The second kappa shape index (κ2) is 5.10. The van der Waals surface area contributed by atoms with Crippen LogP contribution in [0.25, 0.3) is 0 Å². The number of nitrogens with zero attached hydrogens (tertiary/aromatic N) is 1. The zero-order chi connectivity index (χ0) is 12.3. The van der Waals surface area contributed by atoms with E-state index in [0.29, 0.717) is 11.6 Å².